The average Bonchev–Trinajstić information content (AvgIpc) is 3.03. The van der Waals surface area contributed by atoms with Crippen LogP contribution in [0.25, 0.3) is 0 Å². The topological polar surface area (TPSA) is 94.1 Å². The SMILES string of the molecule is COc1cc(Br)c(CNC(=O)[C@@H]2CC[C@H](C(=O)O)O2)cc1OC. The molecule has 0 spiro atoms. The second-order valence-corrected chi connectivity index (χ2v) is 5.90. The van der Waals surface area contributed by atoms with E-state index in [1.165, 1.54) is 7.11 Å². The molecule has 1 amide bonds. The minimum Gasteiger partial charge on any atom is -0.493 e. The summed E-state index contributed by atoms with van der Waals surface area (Å²) in [6, 6.07) is 3.52. The molecule has 1 fully saturated rings. The summed E-state index contributed by atoms with van der Waals surface area (Å²) in [4.78, 5) is 22.9. The zero-order chi connectivity index (χ0) is 17.0. The van der Waals surface area contributed by atoms with Crippen molar-refractivity contribution in [1.82, 2.24) is 5.32 Å². The van der Waals surface area contributed by atoms with Crippen LogP contribution in [-0.4, -0.2) is 43.4 Å². The summed E-state index contributed by atoms with van der Waals surface area (Å²) in [5, 5.41) is 11.6. The number of benzene rings is 1. The Balaban J connectivity index is 1.98. The second kappa shape index (κ2) is 7.65. The summed E-state index contributed by atoms with van der Waals surface area (Å²) in [6.45, 7) is 0.261. The molecular formula is C15H18BrNO6. The number of carbonyl (C=O) groups excluding carboxylic acids is 1. The van der Waals surface area contributed by atoms with Gasteiger partial charge in [-0.2, -0.15) is 0 Å². The van der Waals surface area contributed by atoms with E-state index in [0.29, 0.717) is 24.3 Å². The van der Waals surface area contributed by atoms with Crippen molar-refractivity contribution in [3.63, 3.8) is 0 Å². The second-order valence-electron chi connectivity index (χ2n) is 5.05. The molecule has 7 nitrogen and oxygen atoms in total. The molecule has 1 saturated heterocycles. The Bertz CT molecular complexity index is 606. The number of halogens is 1. The summed E-state index contributed by atoms with van der Waals surface area (Å²) in [7, 11) is 3.08. The van der Waals surface area contributed by atoms with E-state index in [9.17, 15) is 9.59 Å². The van der Waals surface area contributed by atoms with Crippen molar-refractivity contribution in [3.8, 4) is 11.5 Å². The van der Waals surface area contributed by atoms with Gasteiger partial charge in [-0.3, -0.25) is 4.79 Å². The first-order chi connectivity index (χ1) is 11.0. The third kappa shape index (κ3) is 4.14. The predicted molar refractivity (Wildman–Crippen MR) is 84.6 cm³/mol. The van der Waals surface area contributed by atoms with Crippen LogP contribution >= 0.6 is 15.9 Å². The maximum absolute atomic E-state index is 12.1. The molecule has 1 aromatic carbocycles. The number of rotatable bonds is 6. The van der Waals surface area contributed by atoms with Gasteiger partial charge in [0.2, 0.25) is 5.91 Å². The molecule has 2 rings (SSSR count). The largest absolute Gasteiger partial charge is 0.493 e. The van der Waals surface area contributed by atoms with Gasteiger partial charge in [0.05, 0.1) is 14.2 Å². The van der Waals surface area contributed by atoms with Crippen molar-refractivity contribution < 1.29 is 28.9 Å². The summed E-state index contributed by atoms with van der Waals surface area (Å²) in [6.07, 6.45) is -0.891. The van der Waals surface area contributed by atoms with Gasteiger partial charge in [0.1, 0.15) is 6.10 Å². The maximum Gasteiger partial charge on any atom is 0.332 e. The van der Waals surface area contributed by atoms with Gasteiger partial charge in [0, 0.05) is 11.0 Å². The van der Waals surface area contributed by atoms with E-state index in [2.05, 4.69) is 21.2 Å². The van der Waals surface area contributed by atoms with Crippen LogP contribution in [0.1, 0.15) is 18.4 Å². The van der Waals surface area contributed by atoms with Crippen molar-refractivity contribution in [1.29, 1.82) is 0 Å². The molecule has 0 radical (unpaired) electrons. The number of carboxylic acids is 1. The van der Waals surface area contributed by atoms with Crippen molar-refractivity contribution >= 4 is 27.8 Å². The van der Waals surface area contributed by atoms with Gasteiger partial charge in [-0.05, 0) is 30.5 Å². The standard InChI is InChI=1S/C15H18BrNO6/c1-21-12-5-8(9(16)6-13(12)22-2)7-17-14(18)10-3-4-11(23-10)15(19)20/h5-6,10-11H,3-4,7H2,1-2H3,(H,17,18)(H,19,20)/t10-,11+/m0/s1. The molecule has 0 aliphatic carbocycles. The fraction of sp³-hybridized carbons (Fsp3) is 0.467. The number of methoxy groups -OCH3 is 2. The average molecular weight is 388 g/mol. The molecule has 126 valence electrons. The van der Waals surface area contributed by atoms with Crippen LogP contribution in [0.4, 0.5) is 0 Å². The molecule has 1 aliphatic rings. The molecule has 2 N–H and O–H groups in total. The molecular weight excluding hydrogens is 370 g/mol. The summed E-state index contributed by atoms with van der Waals surface area (Å²) >= 11 is 3.42. The zero-order valence-electron chi connectivity index (χ0n) is 12.8. The number of carbonyl (C=O) groups is 2. The lowest BCUT2D eigenvalue weighted by molar-refractivity contribution is -0.151. The van der Waals surface area contributed by atoms with Crippen LogP contribution in [0.5, 0.6) is 11.5 Å². The minimum atomic E-state index is -1.04. The third-order valence-electron chi connectivity index (χ3n) is 3.59. The number of aliphatic carboxylic acids is 1. The van der Waals surface area contributed by atoms with Crippen LogP contribution in [0, 0.1) is 0 Å². The van der Waals surface area contributed by atoms with Crippen molar-refractivity contribution in [3.05, 3.63) is 22.2 Å². The highest BCUT2D eigenvalue weighted by atomic mass is 79.9. The van der Waals surface area contributed by atoms with Gasteiger partial charge in [-0.25, -0.2) is 4.79 Å². The Morgan fingerprint density at radius 1 is 1.26 bits per heavy atom. The Morgan fingerprint density at radius 2 is 1.87 bits per heavy atom. The molecule has 1 aromatic rings. The molecule has 8 heteroatoms. The van der Waals surface area contributed by atoms with E-state index in [1.54, 1.807) is 19.2 Å². The first kappa shape index (κ1) is 17.6. The van der Waals surface area contributed by atoms with Gasteiger partial charge in [0.25, 0.3) is 0 Å². The Kier molecular flexibility index (Phi) is 5.84. The van der Waals surface area contributed by atoms with Crippen LogP contribution in [0.3, 0.4) is 0 Å². The van der Waals surface area contributed by atoms with Crippen LogP contribution in [-0.2, 0) is 20.9 Å². The number of ether oxygens (including phenoxy) is 3. The molecule has 0 saturated carbocycles. The predicted octanol–water partition coefficient (Wildman–Crippen LogP) is 1.71. The van der Waals surface area contributed by atoms with E-state index >= 15 is 0 Å². The van der Waals surface area contributed by atoms with E-state index in [1.807, 2.05) is 0 Å². The monoisotopic (exact) mass is 387 g/mol. The summed E-state index contributed by atoms with van der Waals surface area (Å²) < 4.78 is 16.4. The Hall–Kier alpha value is -1.80. The van der Waals surface area contributed by atoms with Gasteiger partial charge in [-0.15, -0.1) is 0 Å². The quantitative estimate of drug-likeness (QED) is 0.771. The van der Waals surface area contributed by atoms with E-state index in [4.69, 9.17) is 19.3 Å². The smallest absolute Gasteiger partial charge is 0.332 e. The molecule has 1 aliphatic heterocycles. The number of carboxylic acid groups (broad SMARTS) is 1. The fourth-order valence-corrected chi connectivity index (χ4v) is 2.80. The Labute approximate surface area is 142 Å². The highest BCUT2D eigenvalue weighted by Gasteiger charge is 2.34. The third-order valence-corrected chi connectivity index (χ3v) is 4.33. The van der Waals surface area contributed by atoms with E-state index < -0.39 is 18.2 Å². The van der Waals surface area contributed by atoms with Gasteiger partial charge >= 0.3 is 5.97 Å². The highest BCUT2D eigenvalue weighted by Crippen LogP contribution is 2.33. The van der Waals surface area contributed by atoms with E-state index in [-0.39, 0.29) is 12.5 Å². The first-order valence-electron chi connectivity index (χ1n) is 7.02. The molecule has 1 heterocycles. The minimum absolute atomic E-state index is 0.261. The molecule has 0 bridgehead atoms. The molecule has 0 unspecified atom stereocenters. The highest BCUT2D eigenvalue weighted by molar-refractivity contribution is 9.10. The van der Waals surface area contributed by atoms with Crippen molar-refractivity contribution in [2.24, 2.45) is 0 Å². The maximum atomic E-state index is 12.1. The molecule has 23 heavy (non-hydrogen) atoms. The van der Waals surface area contributed by atoms with Crippen LogP contribution in [0.2, 0.25) is 0 Å². The zero-order valence-corrected chi connectivity index (χ0v) is 14.4. The number of hydrogen-bond acceptors (Lipinski definition) is 5. The van der Waals surface area contributed by atoms with Gasteiger partial charge in [0.15, 0.2) is 17.6 Å². The van der Waals surface area contributed by atoms with Gasteiger partial charge < -0.3 is 24.6 Å². The van der Waals surface area contributed by atoms with Crippen molar-refractivity contribution in [2.75, 3.05) is 14.2 Å². The first-order valence-corrected chi connectivity index (χ1v) is 7.82. The van der Waals surface area contributed by atoms with Crippen LogP contribution in [0.15, 0.2) is 16.6 Å². The fourth-order valence-electron chi connectivity index (χ4n) is 2.34. The van der Waals surface area contributed by atoms with Gasteiger partial charge in [-0.1, -0.05) is 15.9 Å². The summed E-state index contributed by atoms with van der Waals surface area (Å²) in [5.74, 6) is -0.223. The van der Waals surface area contributed by atoms with Crippen LogP contribution < -0.4 is 14.8 Å². The number of nitrogens with one attached hydrogen (secondary N) is 1. The van der Waals surface area contributed by atoms with E-state index in [0.717, 1.165) is 10.0 Å². The number of hydrogen-bond donors (Lipinski definition) is 2. The van der Waals surface area contributed by atoms with Crippen molar-refractivity contribution in [2.45, 2.75) is 31.6 Å². The molecule has 0 aromatic heterocycles. The lowest BCUT2D eigenvalue weighted by atomic mass is 10.1. The lowest BCUT2D eigenvalue weighted by Gasteiger charge is -2.14. The lowest BCUT2D eigenvalue weighted by Crippen LogP contribution is -2.35. The normalized spacial score (nSPS) is 20.1. The number of amides is 1. The Morgan fingerprint density at radius 3 is 2.43 bits per heavy atom. The molecule has 2 atom stereocenters. The summed E-state index contributed by atoms with van der Waals surface area (Å²) in [5.41, 5.74) is 0.809.